The van der Waals surface area contributed by atoms with Crippen LogP contribution in [-0.2, 0) is 14.4 Å². The number of nitrogens with one attached hydrogen (secondary N) is 1. The fourth-order valence-electron chi connectivity index (χ4n) is 2.04. The summed E-state index contributed by atoms with van der Waals surface area (Å²) < 4.78 is 0. The monoisotopic (exact) mass is 288 g/mol. The van der Waals surface area contributed by atoms with Crippen LogP contribution >= 0.6 is 11.8 Å². The lowest BCUT2D eigenvalue weighted by Gasteiger charge is -2.17. The predicted octanol–water partition coefficient (Wildman–Crippen LogP) is 0.177. The number of likely N-dealkylation sites (tertiary alicyclic amines) is 1. The summed E-state index contributed by atoms with van der Waals surface area (Å²) in [7, 11) is 0. The molecule has 0 bridgehead atoms. The molecule has 0 spiro atoms. The molecular weight excluding hydrogens is 268 g/mol. The number of hydrogen-bond donors (Lipinski definition) is 2. The van der Waals surface area contributed by atoms with Crippen molar-refractivity contribution in [1.29, 1.82) is 0 Å². The Bertz CT molecular complexity index is 362. The van der Waals surface area contributed by atoms with Gasteiger partial charge < -0.3 is 15.3 Å². The number of thioether (sulfide) groups is 1. The highest BCUT2D eigenvalue weighted by molar-refractivity contribution is 7.98. The minimum Gasteiger partial charge on any atom is -0.480 e. The second-order valence-corrected chi connectivity index (χ2v) is 5.50. The Hall–Kier alpha value is -1.24. The molecule has 1 aliphatic rings. The molecule has 2 N–H and O–H groups in total. The van der Waals surface area contributed by atoms with E-state index in [1.165, 1.54) is 11.8 Å². The van der Waals surface area contributed by atoms with Crippen LogP contribution in [0, 0.1) is 5.92 Å². The first-order valence-corrected chi connectivity index (χ1v) is 7.68. The van der Waals surface area contributed by atoms with Gasteiger partial charge in [0.25, 0.3) is 0 Å². The number of carbonyl (C=O) groups excluding carboxylic acids is 2. The Labute approximate surface area is 116 Å². The standard InChI is InChI=1S/C12H20N2O4S/c1-3-14-7-8(6-10(14)15)11(16)13-9(12(17)18)4-5-19-2/h8-9H,3-7H2,1-2H3,(H,13,16)(H,17,18)/t8?,9-/m1/s1. The van der Waals surface area contributed by atoms with Crippen LogP contribution in [0.5, 0.6) is 0 Å². The van der Waals surface area contributed by atoms with Gasteiger partial charge in [-0.3, -0.25) is 9.59 Å². The highest BCUT2D eigenvalue weighted by Gasteiger charge is 2.34. The lowest BCUT2D eigenvalue weighted by molar-refractivity contribution is -0.142. The van der Waals surface area contributed by atoms with E-state index in [2.05, 4.69) is 5.32 Å². The van der Waals surface area contributed by atoms with Crippen LogP contribution in [0.15, 0.2) is 0 Å². The van der Waals surface area contributed by atoms with E-state index in [4.69, 9.17) is 5.11 Å². The number of aliphatic carboxylic acids is 1. The first-order chi connectivity index (χ1) is 8.99. The van der Waals surface area contributed by atoms with E-state index in [0.29, 0.717) is 25.3 Å². The summed E-state index contributed by atoms with van der Waals surface area (Å²) in [5.74, 6) is -1.17. The van der Waals surface area contributed by atoms with E-state index >= 15 is 0 Å². The van der Waals surface area contributed by atoms with Gasteiger partial charge in [0.2, 0.25) is 11.8 Å². The van der Waals surface area contributed by atoms with Crippen molar-refractivity contribution in [1.82, 2.24) is 10.2 Å². The fourth-order valence-corrected chi connectivity index (χ4v) is 2.51. The maximum Gasteiger partial charge on any atom is 0.326 e. The molecule has 2 amide bonds. The quantitative estimate of drug-likeness (QED) is 0.698. The van der Waals surface area contributed by atoms with Gasteiger partial charge in [0, 0.05) is 19.5 Å². The molecule has 1 aliphatic heterocycles. The molecule has 19 heavy (non-hydrogen) atoms. The number of amides is 2. The Morgan fingerprint density at radius 2 is 2.26 bits per heavy atom. The molecular formula is C12H20N2O4S. The summed E-state index contributed by atoms with van der Waals surface area (Å²) in [6.45, 7) is 2.82. The van der Waals surface area contributed by atoms with Crippen molar-refractivity contribution in [3.63, 3.8) is 0 Å². The molecule has 1 unspecified atom stereocenters. The Balaban J connectivity index is 2.53. The fraction of sp³-hybridized carbons (Fsp3) is 0.750. The van der Waals surface area contributed by atoms with Crippen LogP contribution in [0.1, 0.15) is 19.8 Å². The van der Waals surface area contributed by atoms with Crippen molar-refractivity contribution in [2.24, 2.45) is 5.92 Å². The summed E-state index contributed by atoms with van der Waals surface area (Å²) >= 11 is 1.53. The molecule has 1 saturated heterocycles. The number of carboxylic acid groups (broad SMARTS) is 1. The van der Waals surface area contributed by atoms with Crippen LogP contribution in [0.2, 0.25) is 0 Å². The Morgan fingerprint density at radius 1 is 1.58 bits per heavy atom. The Morgan fingerprint density at radius 3 is 2.74 bits per heavy atom. The number of carboxylic acids is 1. The summed E-state index contributed by atoms with van der Waals surface area (Å²) in [6, 6.07) is -0.870. The van der Waals surface area contributed by atoms with Crippen molar-refractivity contribution in [3.8, 4) is 0 Å². The van der Waals surface area contributed by atoms with Crippen LogP contribution < -0.4 is 5.32 Å². The molecule has 108 valence electrons. The first-order valence-electron chi connectivity index (χ1n) is 6.29. The van der Waals surface area contributed by atoms with E-state index in [1.807, 2.05) is 13.2 Å². The van der Waals surface area contributed by atoms with Gasteiger partial charge in [-0.15, -0.1) is 0 Å². The number of nitrogens with zero attached hydrogens (tertiary/aromatic N) is 1. The van der Waals surface area contributed by atoms with Gasteiger partial charge in [0.15, 0.2) is 0 Å². The van der Waals surface area contributed by atoms with E-state index in [9.17, 15) is 14.4 Å². The number of hydrogen-bond acceptors (Lipinski definition) is 4. The van der Waals surface area contributed by atoms with Gasteiger partial charge in [0.1, 0.15) is 6.04 Å². The zero-order chi connectivity index (χ0) is 14.4. The Kier molecular flexibility index (Phi) is 6.14. The third-order valence-corrected chi connectivity index (χ3v) is 3.84. The van der Waals surface area contributed by atoms with Crippen molar-refractivity contribution >= 4 is 29.5 Å². The zero-order valence-corrected chi connectivity index (χ0v) is 12.0. The molecule has 0 saturated carbocycles. The van der Waals surface area contributed by atoms with Crippen LogP contribution in [0.25, 0.3) is 0 Å². The molecule has 2 atom stereocenters. The van der Waals surface area contributed by atoms with E-state index in [-0.39, 0.29) is 18.2 Å². The SMILES string of the molecule is CCN1CC(C(=O)N[C@H](CCSC)C(=O)O)CC1=O. The molecule has 6 nitrogen and oxygen atoms in total. The largest absolute Gasteiger partial charge is 0.480 e. The molecule has 1 rings (SSSR count). The maximum atomic E-state index is 12.0. The topological polar surface area (TPSA) is 86.7 Å². The van der Waals surface area contributed by atoms with E-state index in [1.54, 1.807) is 4.90 Å². The second-order valence-electron chi connectivity index (χ2n) is 4.51. The minimum atomic E-state index is -1.03. The molecule has 1 heterocycles. The van der Waals surface area contributed by atoms with Crippen LogP contribution in [0.4, 0.5) is 0 Å². The highest BCUT2D eigenvalue weighted by atomic mass is 32.2. The molecule has 7 heteroatoms. The molecule has 0 aliphatic carbocycles. The van der Waals surface area contributed by atoms with Gasteiger partial charge >= 0.3 is 5.97 Å². The highest BCUT2D eigenvalue weighted by Crippen LogP contribution is 2.17. The molecule has 1 fully saturated rings. The van der Waals surface area contributed by atoms with Gasteiger partial charge in [-0.05, 0) is 25.4 Å². The van der Waals surface area contributed by atoms with Crippen LogP contribution in [-0.4, -0.2) is 58.9 Å². The minimum absolute atomic E-state index is 0.0429. The van der Waals surface area contributed by atoms with Gasteiger partial charge in [-0.2, -0.15) is 11.8 Å². The van der Waals surface area contributed by atoms with Crippen molar-refractivity contribution in [3.05, 3.63) is 0 Å². The smallest absolute Gasteiger partial charge is 0.326 e. The maximum absolute atomic E-state index is 12.0. The van der Waals surface area contributed by atoms with Gasteiger partial charge in [-0.25, -0.2) is 4.79 Å². The first kappa shape index (κ1) is 15.8. The van der Waals surface area contributed by atoms with Gasteiger partial charge in [-0.1, -0.05) is 0 Å². The lowest BCUT2D eigenvalue weighted by Crippen LogP contribution is -2.44. The van der Waals surface area contributed by atoms with Gasteiger partial charge in [0.05, 0.1) is 5.92 Å². The van der Waals surface area contributed by atoms with Crippen molar-refractivity contribution in [2.75, 3.05) is 25.1 Å². The molecule has 0 aromatic heterocycles. The summed E-state index contributed by atoms with van der Waals surface area (Å²) in [5.41, 5.74) is 0. The summed E-state index contributed by atoms with van der Waals surface area (Å²) in [6.07, 6.45) is 2.45. The zero-order valence-electron chi connectivity index (χ0n) is 11.2. The average molecular weight is 288 g/mol. The van der Waals surface area contributed by atoms with E-state index in [0.717, 1.165) is 0 Å². The molecule has 0 aromatic carbocycles. The third kappa shape index (κ3) is 4.41. The van der Waals surface area contributed by atoms with Crippen LogP contribution in [0.3, 0.4) is 0 Å². The summed E-state index contributed by atoms with van der Waals surface area (Å²) in [4.78, 5) is 36.2. The van der Waals surface area contributed by atoms with E-state index < -0.39 is 17.9 Å². The molecule has 0 radical (unpaired) electrons. The van der Waals surface area contributed by atoms with Crippen molar-refractivity contribution < 1.29 is 19.5 Å². The number of carbonyl (C=O) groups is 3. The second kappa shape index (κ2) is 7.37. The normalized spacial score (nSPS) is 20.4. The lowest BCUT2D eigenvalue weighted by atomic mass is 10.1. The summed E-state index contributed by atoms with van der Waals surface area (Å²) in [5, 5.41) is 11.6. The predicted molar refractivity (Wildman–Crippen MR) is 72.9 cm³/mol. The third-order valence-electron chi connectivity index (χ3n) is 3.19. The van der Waals surface area contributed by atoms with Crippen molar-refractivity contribution in [2.45, 2.75) is 25.8 Å². The molecule has 0 aromatic rings. The number of rotatable bonds is 7. The average Bonchev–Trinajstić information content (AvgIpc) is 2.75.